The highest BCUT2D eigenvalue weighted by Gasteiger charge is 2.54. The van der Waals surface area contributed by atoms with Gasteiger partial charge in [0.2, 0.25) is 11.5 Å². The number of oxime groups is 1. The first-order valence-electron chi connectivity index (χ1n) is 10.8. The standard InChI is InChI=1S/C21H23N7O6S2/c1-3-34-25-13(16-24-21(22)36-26-16)17(29)23-14-18(30)28-15(20(31)32)12(10-35-19(14)28)8-27-6-4-5-11(7-27)9-33-2/h4-7,14,19H,3,8-10H2,1-2H3,(H3-,22,23,24,26,29,31,32)/p+1/t14?,19-/m0/s1. The molecule has 13 nitrogen and oxygen atoms in total. The zero-order valence-electron chi connectivity index (χ0n) is 19.4. The Morgan fingerprint density at radius 3 is 2.92 bits per heavy atom. The summed E-state index contributed by atoms with van der Waals surface area (Å²) in [4.78, 5) is 48.3. The number of rotatable bonds is 10. The summed E-state index contributed by atoms with van der Waals surface area (Å²) >= 11 is 2.26. The van der Waals surface area contributed by atoms with E-state index in [0.29, 0.717) is 24.5 Å². The van der Waals surface area contributed by atoms with Crippen molar-refractivity contribution in [2.75, 3.05) is 25.2 Å². The molecule has 4 rings (SSSR count). The summed E-state index contributed by atoms with van der Waals surface area (Å²) in [7, 11) is 1.60. The molecule has 2 aromatic heterocycles. The van der Waals surface area contributed by atoms with Crippen molar-refractivity contribution in [1.29, 1.82) is 0 Å². The molecule has 1 fully saturated rings. The van der Waals surface area contributed by atoms with Gasteiger partial charge in [-0.2, -0.15) is 9.36 Å². The van der Waals surface area contributed by atoms with Gasteiger partial charge in [-0.1, -0.05) is 5.16 Å². The summed E-state index contributed by atoms with van der Waals surface area (Å²) in [6.45, 7) is 2.61. The van der Waals surface area contributed by atoms with E-state index in [-0.39, 0.29) is 29.0 Å². The number of fused-ring (bicyclic) bond motifs is 1. The second kappa shape index (κ2) is 11.0. The number of aromatic nitrogens is 3. The molecule has 15 heteroatoms. The van der Waals surface area contributed by atoms with Gasteiger partial charge in [0.15, 0.2) is 24.1 Å². The molecule has 2 amide bonds. The number of thioether (sulfide) groups is 1. The lowest BCUT2D eigenvalue weighted by Crippen LogP contribution is -2.71. The molecule has 1 unspecified atom stereocenters. The Hall–Kier alpha value is -3.56. The van der Waals surface area contributed by atoms with Crippen LogP contribution in [0.2, 0.25) is 0 Å². The summed E-state index contributed by atoms with van der Waals surface area (Å²) in [6, 6.07) is 2.81. The van der Waals surface area contributed by atoms with Gasteiger partial charge in [0.25, 0.3) is 11.8 Å². The highest BCUT2D eigenvalue weighted by atomic mass is 32.2. The maximum absolute atomic E-state index is 13.0. The minimum Gasteiger partial charge on any atom is -0.477 e. The monoisotopic (exact) mass is 534 g/mol. The number of hydrogen-bond donors (Lipinski definition) is 3. The average molecular weight is 535 g/mol. The minimum absolute atomic E-state index is 0.0236. The zero-order valence-corrected chi connectivity index (χ0v) is 21.0. The van der Waals surface area contributed by atoms with E-state index >= 15 is 0 Å². The number of pyridine rings is 1. The van der Waals surface area contributed by atoms with Crippen LogP contribution in [0.3, 0.4) is 0 Å². The molecule has 4 heterocycles. The van der Waals surface area contributed by atoms with Crippen LogP contribution in [0.5, 0.6) is 0 Å². The van der Waals surface area contributed by atoms with Crippen LogP contribution in [0.15, 0.2) is 41.0 Å². The van der Waals surface area contributed by atoms with Crippen LogP contribution in [0, 0.1) is 0 Å². The number of carbonyl (C=O) groups is 3. The lowest BCUT2D eigenvalue weighted by Gasteiger charge is -2.49. The summed E-state index contributed by atoms with van der Waals surface area (Å²) in [5, 5.41) is 15.9. The van der Waals surface area contributed by atoms with Crippen molar-refractivity contribution in [2.45, 2.75) is 31.5 Å². The molecular formula is C21H24N7O6S2+. The average Bonchev–Trinajstić information content (AvgIpc) is 3.28. The molecule has 1 saturated heterocycles. The van der Waals surface area contributed by atoms with Gasteiger partial charge in [0, 0.05) is 41.6 Å². The number of nitrogens with one attached hydrogen (secondary N) is 1. The molecule has 0 spiro atoms. The molecule has 2 aliphatic rings. The fourth-order valence-corrected chi connectivity index (χ4v) is 5.58. The van der Waals surface area contributed by atoms with Gasteiger partial charge in [0.05, 0.1) is 6.61 Å². The van der Waals surface area contributed by atoms with E-state index in [1.807, 2.05) is 29.1 Å². The Labute approximate surface area is 214 Å². The predicted molar refractivity (Wildman–Crippen MR) is 130 cm³/mol. The summed E-state index contributed by atoms with van der Waals surface area (Å²) < 4.78 is 11.0. The topological polar surface area (TPSA) is 173 Å². The van der Waals surface area contributed by atoms with Crippen LogP contribution < -0.4 is 15.6 Å². The van der Waals surface area contributed by atoms with E-state index < -0.39 is 29.2 Å². The second-order valence-electron chi connectivity index (χ2n) is 7.75. The Bertz CT molecular complexity index is 1250. The van der Waals surface area contributed by atoms with Crippen LogP contribution in [0.25, 0.3) is 0 Å². The molecule has 0 aliphatic carbocycles. The van der Waals surface area contributed by atoms with Crippen LogP contribution in [0.4, 0.5) is 5.13 Å². The fourth-order valence-electron chi connectivity index (χ4n) is 3.81. The molecule has 0 saturated carbocycles. The SMILES string of the molecule is CCON=C(C(=O)NC1C(=O)N2C(C(=O)O)=C(C[n+]3cccc(COC)c3)CS[C@@H]12)c1nsc(N)n1. The van der Waals surface area contributed by atoms with Crippen molar-refractivity contribution < 1.29 is 33.6 Å². The molecule has 0 aromatic carbocycles. The Kier molecular flexibility index (Phi) is 7.81. The molecule has 190 valence electrons. The normalized spacial score (nSPS) is 19.6. The number of amides is 2. The third-order valence-corrected chi connectivity index (χ3v) is 7.18. The Balaban J connectivity index is 1.52. The summed E-state index contributed by atoms with van der Waals surface area (Å²) in [5.74, 6) is -2.12. The van der Waals surface area contributed by atoms with Gasteiger partial charge in [-0.05, 0) is 13.0 Å². The number of carbonyl (C=O) groups excluding carboxylic acids is 2. The maximum atomic E-state index is 13.0. The van der Waals surface area contributed by atoms with E-state index in [1.54, 1.807) is 14.0 Å². The molecule has 2 aliphatic heterocycles. The number of nitrogen functional groups attached to an aromatic ring is 1. The fraction of sp³-hybridized carbons (Fsp3) is 0.381. The van der Waals surface area contributed by atoms with E-state index in [4.69, 9.17) is 15.3 Å². The largest absolute Gasteiger partial charge is 0.477 e. The van der Waals surface area contributed by atoms with Gasteiger partial charge in [0.1, 0.15) is 23.7 Å². The van der Waals surface area contributed by atoms with Crippen molar-refractivity contribution in [3.05, 3.63) is 47.2 Å². The number of aliphatic carboxylic acids is 1. The molecule has 2 atom stereocenters. The highest BCUT2D eigenvalue weighted by Crippen LogP contribution is 2.40. The third-order valence-electron chi connectivity index (χ3n) is 5.29. The summed E-state index contributed by atoms with van der Waals surface area (Å²) in [6.07, 6.45) is 3.69. The first kappa shape index (κ1) is 25.5. The van der Waals surface area contributed by atoms with Crippen molar-refractivity contribution in [3.8, 4) is 0 Å². The highest BCUT2D eigenvalue weighted by molar-refractivity contribution is 8.00. The van der Waals surface area contributed by atoms with Crippen molar-refractivity contribution in [3.63, 3.8) is 0 Å². The van der Waals surface area contributed by atoms with E-state index in [0.717, 1.165) is 17.1 Å². The minimum atomic E-state index is -1.21. The predicted octanol–water partition coefficient (Wildman–Crippen LogP) is -0.266. The second-order valence-corrected chi connectivity index (χ2v) is 9.64. The van der Waals surface area contributed by atoms with Crippen LogP contribution in [0.1, 0.15) is 18.3 Å². The summed E-state index contributed by atoms with van der Waals surface area (Å²) in [5.41, 5.74) is 6.83. The van der Waals surface area contributed by atoms with E-state index in [9.17, 15) is 19.5 Å². The van der Waals surface area contributed by atoms with Gasteiger partial charge in [-0.15, -0.1) is 11.8 Å². The number of nitrogens with two attached hydrogens (primary N) is 1. The van der Waals surface area contributed by atoms with Crippen molar-refractivity contribution in [1.82, 2.24) is 19.6 Å². The van der Waals surface area contributed by atoms with E-state index in [1.165, 1.54) is 16.7 Å². The number of β-lactam (4-membered cyclic amide) rings is 1. The number of carboxylic acids is 1. The molecule has 2 aromatic rings. The van der Waals surface area contributed by atoms with Crippen molar-refractivity contribution >= 4 is 51.9 Å². The third kappa shape index (κ3) is 5.17. The van der Waals surface area contributed by atoms with Crippen LogP contribution in [-0.2, 0) is 37.1 Å². The Morgan fingerprint density at radius 2 is 2.25 bits per heavy atom. The number of ether oxygens (including phenoxy) is 1. The lowest BCUT2D eigenvalue weighted by atomic mass is 10.0. The maximum Gasteiger partial charge on any atom is 0.352 e. The van der Waals surface area contributed by atoms with Gasteiger partial charge in [-0.3, -0.25) is 14.5 Å². The quantitative estimate of drug-likeness (QED) is 0.159. The number of nitrogens with zero attached hydrogens (tertiary/aromatic N) is 5. The van der Waals surface area contributed by atoms with Gasteiger partial charge >= 0.3 is 5.97 Å². The number of anilines is 1. The van der Waals surface area contributed by atoms with Crippen molar-refractivity contribution in [2.24, 2.45) is 5.16 Å². The number of carboxylic acid groups (broad SMARTS) is 1. The zero-order chi connectivity index (χ0) is 25.8. The van der Waals surface area contributed by atoms with E-state index in [2.05, 4.69) is 19.8 Å². The van der Waals surface area contributed by atoms with Crippen LogP contribution >= 0.6 is 23.3 Å². The van der Waals surface area contributed by atoms with Gasteiger partial charge in [-0.25, -0.2) is 9.36 Å². The number of hydrogen-bond acceptors (Lipinski definition) is 11. The molecule has 0 bridgehead atoms. The Morgan fingerprint density at radius 1 is 1.44 bits per heavy atom. The number of methoxy groups -OCH3 is 1. The molecule has 0 radical (unpaired) electrons. The smallest absolute Gasteiger partial charge is 0.352 e. The lowest BCUT2D eigenvalue weighted by molar-refractivity contribution is -0.689. The molecule has 4 N–H and O–H groups in total. The van der Waals surface area contributed by atoms with Crippen LogP contribution in [-0.4, -0.2) is 73.7 Å². The molecular weight excluding hydrogens is 510 g/mol. The first-order valence-corrected chi connectivity index (χ1v) is 12.6. The molecule has 36 heavy (non-hydrogen) atoms. The van der Waals surface area contributed by atoms with Gasteiger partial charge < -0.3 is 25.7 Å². The first-order chi connectivity index (χ1) is 17.3.